The molecule has 0 aromatic carbocycles. The summed E-state index contributed by atoms with van der Waals surface area (Å²) >= 11 is 3.35. The Labute approximate surface area is 73.1 Å². The molecule has 1 aliphatic heterocycles. The molecule has 0 amide bonds. The Morgan fingerprint density at radius 2 is 2.45 bits per heavy atom. The molecule has 0 aliphatic carbocycles. The first-order valence-corrected chi connectivity index (χ1v) is 4.54. The fourth-order valence-electron chi connectivity index (χ4n) is 0.998. The molecule has 2 rings (SSSR count). The zero-order chi connectivity index (χ0) is 7.90. The number of H-pyrrole nitrogens is 1. The van der Waals surface area contributed by atoms with Crippen molar-refractivity contribution < 1.29 is 4.74 Å². The van der Waals surface area contributed by atoms with Gasteiger partial charge in [-0.15, -0.1) is 0 Å². The van der Waals surface area contributed by atoms with Gasteiger partial charge < -0.3 is 9.72 Å². The average Bonchev–Trinajstić information content (AvgIpc) is 2.61. The Kier molecular flexibility index (Phi) is 1.56. The van der Waals surface area contributed by atoms with Crippen LogP contribution in [0.3, 0.4) is 0 Å². The molecule has 60 valence electrons. The Morgan fingerprint density at radius 1 is 1.73 bits per heavy atom. The van der Waals surface area contributed by atoms with Gasteiger partial charge in [-0.2, -0.15) is 0 Å². The maximum absolute atomic E-state index is 5.77. The molecule has 1 atom stereocenters. The first-order valence-electron chi connectivity index (χ1n) is 3.42. The molecule has 0 bridgehead atoms. The van der Waals surface area contributed by atoms with E-state index in [0.717, 1.165) is 16.7 Å². The Hall–Kier alpha value is -0.320. The summed E-state index contributed by atoms with van der Waals surface area (Å²) in [5, 5.41) is 0.822. The summed E-state index contributed by atoms with van der Waals surface area (Å²) in [7, 11) is 0. The van der Waals surface area contributed by atoms with E-state index in [0.29, 0.717) is 6.61 Å². The van der Waals surface area contributed by atoms with E-state index in [1.807, 2.05) is 12.1 Å². The summed E-state index contributed by atoms with van der Waals surface area (Å²) in [6.07, 6.45) is 0. The van der Waals surface area contributed by atoms with Crippen LogP contribution in [0.5, 0.6) is 0 Å². The molecule has 11 heavy (non-hydrogen) atoms. The maximum Gasteiger partial charge on any atom is 0.181 e. The molecule has 1 aromatic heterocycles. The standard InChI is InChI=1S/C7H9BrN2O/c8-3-5-1-2-6(10-5)7(9)4-11-7/h1-2,10H,3-4,9H2. The van der Waals surface area contributed by atoms with Gasteiger partial charge in [-0.05, 0) is 12.1 Å². The van der Waals surface area contributed by atoms with Crippen LogP contribution in [0.4, 0.5) is 0 Å². The van der Waals surface area contributed by atoms with Crippen LogP contribution in [0, 0.1) is 0 Å². The van der Waals surface area contributed by atoms with Gasteiger partial charge in [-0.3, -0.25) is 5.73 Å². The van der Waals surface area contributed by atoms with Gasteiger partial charge in [0.25, 0.3) is 0 Å². The zero-order valence-corrected chi connectivity index (χ0v) is 7.52. The van der Waals surface area contributed by atoms with Gasteiger partial charge in [-0.25, -0.2) is 0 Å². The lowest BCUT2D eigenvalue weighted by Crippen LogP contribution is -2.21. The van der Waals surface area contributed by atoms with Crippen molar-refractivity contribution in [3.8, 4) is 0 Å². The molecule has 1 aliphatic rings. The van der Waals surface area contributed by atoms with Crippen LogP contribution in [-0.4, -0.2) is 11.6 Å². The predicted octanol–water partition coefficient (Wildman–Crippen LogP) is 1.05. The molecular formula is C7H9BrN2O. The number of halogens is 1. The fourth-order valence-corrected chi connectivity index (χ4v) is 1.33. The van der Waals surface area contributed by atoms with E-state index in [-0.39, 0.29) is 0 Å². The topological polar surface area (TPSA) is 54.3 Å². The fraction of sp³-hybridized carbons (Fsp3) is 0.429. The number of nitrogens with one attached hydrogen (secondary N) is 1. The lowest BCUT2D eigenvalue weighted by molar-refractivity contribution is 0.311. The molecule has 1 saturated heterocycles. The number of epoxide rings is 1. The van der Waals surface area contributed by atoms with Crippen LogP contribution in [0.1, 0.15) is 11.4 Å². The first-order chi connectivity index (χ1) is 5.24. The van der Waals surface area contributed by atoms with E-state index >= 15 is 0 Å². The van der Waals surface area contributed by atoms with Gasteiger partial charge in [0.2, 0.25) is 0 Å². The highest BCUT2D eigenvalue weighted by atomic mass is 79.9. The quantitative estimate of drug-likeness (QED) is 0.574. The van der Waals surface area contributed by atoms with E-state index in [4.69, 9.17) is 10.5 Å². The summed E-state index contributed by atoms with van der Waals surface area (Å²) in [6, 6.07) is 3.96. The second-order valence-electron chi connectivity index (χ2n) is 2.71. The van der Waals surface area contributed by atoms with Crippen molar-refractivity contribution in [1.82, 2.24) is 4.98 Å². The third kappa shape index (κ3) is 1.21. The highest BCUT2D eigenvalue weighted by Gasteiger charge is 2.43. The number of hydrogen-bond acceptors (Lipinski definition) is 2. The van der Waals surface area contributed by atoms with Gasteiger partial charge >= 0.3 is 0 Å². The number of rotatable bonds is 2. The third-order valence-corrected chi connectivity index (χ3v) is 2.41. The molecule has 1 aromatic rings. The van der Waals surface area contributed by atoms with Crippen molar-refractivity contribution in [3.05, 3.63) is 23.5 Å². The van der Waals surface area contributed by atoms with E-state index in [1.165, 1.54) is 0 Å². The molecule has 0 radical (unpaired) electrons. The number of alkyl halides is 1. The highest BCUT2D eigenvalue weighted by molar-refractivity contribution is 9.08. The second kappa shape index (κ2) is 2.33. The Bertz CT molecular complexity index is 267. The molecule has 1 unspecified atom stereocenters. The summed E-state index contributed by atoms with van der Waals surface area (Å²) < 4.78 is 5.07. The van der Waals surface area contributed by atoms with Crippen LogP contribution in [-0.2, 0) is 15.8 Å². The molecule has 0 saturated carbocycles. The van der Waals surface area contributed by atoms with Crippen LogP contribution >= 0.6 is 15.9 Å². The summed E-state index contributed by atoms with van der Waals surface area (Å²) in [5.74, 6) is 0. The third-order valence-electron chi connectivity index (χ3n) is 1.80. The van der Waals surface area contributed by atoms with Crippen LogP contribution in [0.15, 0.2) is 12.1 Å². The minimum Gasteiger partial charge on any atom is -0.358 e. The van der Waals surface area contributed by atoms with E-state index in [9.17, 15) is 0 Å². The smallest absolute Gasteiger partial charge is 0.181 e. The summed E-state index contributed by atoms with van der Waals surface area (Å²) in [5.41, 5.74) is 7.34. The molecular weight excluding hydrogens is 208 g/mol. The normalized spacial score (nSPS) is 28.9. The van der Waals surface area contributed by atoms with Crippen LogP contribution in [0.2, 0.25) is 0 Å². The van der Waals surface area contributed by atoms with Crippen molar-refractivity contribution in [2.45, 2.75) is 11.1 Å². The number of aromatic amines is 1. The SMILES string of the molecule is NC1(c2ccc(CBr)[nH]2)CO1. The van der Waals surface area contributed by atoms with Gasteiger partial charge in [-0.1, -0.05) is 15.9 Å². The van der Waals surface area contributed by atoms with Crippen molar-refractivity contribution >= 4 is 15.9 Å². The van der Waals surface area contributed by atoms with Crippen molar-refractivity contribution in [2.75, 3.05) is 6.61 Å². The van der Waals surface area contributed by atoms with E-state index in [2.05, 4.69) is 20.9 Å². The number of nitrogens with two attached hydrogens (primary N) is 1. The molecule has 1 fully saturated rings. The van der Waals surface area contributed by atoms with Gasteiger partial charge in [0, 0.05) is 11.0 Å². The Balaban J connectivity index is 2.25. The van der Waals surface area contributed by atoms with Gasteiger partial charge in [0.1, 0.15) is 0 Å². The van der Waals surface area contributed by atoms with Crippen molar-refractivity contribution in [3.63, 3.8) is 0 Å². The lowest BCUT2D eigenvalue weighted by atomic mass is 10.2. The average molecular weight is 217 g/mol. The van der Waals surface area contributed by atoms with Crippen LogP contribution in [0.25, 0.3) is 0 Å². The lowest BCUT2D eigenvalue weighted by Gasteiger charge is -1.99. The minimum atomic E-state index is -0.513. The van der Waals surface area contributed by atoms with Gasteiger partial charge in [0.15, 0.2) is 5.72 Å². The molecule has 4 heteroatoms. The molecule has 3 nitrogen and oxygen atoms in total. The van der Waals surface area contributed by atoms with E-state index in [1.54, 1.807) is 0 Å². The van der Waals surface area contributed by atoms with Crippen molar-refractivity contribution in [1.29, 1.82) is 0 Å². The first kappa shape index (κ1) is 7.34. The number of hydrogen-bond donors (Lipinski definition) is 2. The zero-order valence-electron chi connectivity index (χ0n) is 5.93. The Morgan fingerprint density at radius 3 is 2.91 bits per heavy atom. The number of aromatic nitrogens is 1. The summed E-state index contributed by atoms with van der Waals surface area (Å²) in [4.78, 5) is 3.17. The monoisotopic (exact) mass is 216 g/mol. The number of ether oxygens (including phenoxy) is 1. The van der Waals surface area contributed by atoms with E-state index < -0.39 is 5.72 Å². The second-order valence-corrected chi connectivity index (χ2v) is 3.27. The maximum atomic E-state index is 5.77. The predicted molar refractivity (Wildman–Crippen MR) is 45.2 cm³/mol. The summed E-state index contributed by atoms with van der Waals surface area (Å²) in [6.45, 7) is 0.620. The van der Waals surface area contributed by atoms with Crippen LogP contribution < -0.4 is 5.73 Å². The molecule has 3 N–H and O–H groups in total. The highest BCUT2D eigenvalue weighted by Crippen LogP contribution is 2.31. The largest absolute Gasteiger partial charge is 0.358 e. The minimum absolute atomic E-state index is 0.513. The van der Waals surface area contributed by atoms with Crippen molar-refractivity contribution in [2.24, 2.45) is 5.73 Å². The molecule has 0 spiro atoms. The van der Waals surface area contributed by atoms with Gasteiger partial charge in [0.05, 0.1) is 12.3 Å². The molecule has 2 heterocycles.